The Morgan fingerprint density at radius 3 is 0.600 bits per heavy atom. The summed E-state index contributed by atoms with van der Waals surface area (Å²) in [6, 6.07) is 0. The third-order valence-corrected chi connectivity index (χ3v) is 21.3. The van der Waals surface area contributed by atoms with Crippen LogP contribution in [0.3, 0.4) is 0 Å². The maximum atomic E-state index is 12.9. The Kier molecular flexibility index (Phi) is 124. The lowest BCUT2D eigenvalue weighted by molar-refractivity contribution is -0.228. The molecule has 41 heteroatoms. The van der Waals surface area contributed by atoms with Gasteiger partial charge < -0.3 is 172 Å². The molecule has 5 N–H and O–H groups in total. The Balaban J connectivity index is 0. The zero-order chi connectivity index (χ0) is 99.9. The van der Waals surface area contributed by atoms with Crippen molar-refractivity contribution in [3.05, 3.63) is 0 Å². The van der Waals surface area contributed by atoms with Crippen molar-refractivity contribution in [1.82, 2.24) is 11.5 Å². The Morgan fingerprint density at radius 2 is 0.400 bits per heavy atom. The van der Waals surface area contributed by atoms with Crippen molar-refractivity contribution >= 4 is 25.9 Å². The fraction of sp³-hybridized carbons (Fsp3) is 0.970. The molecule has 0 aliphatic heterocycles. The summed E-state index contributed by atoms with van der Waals surface area (Å²) < 4.78 is 193. The minimum Gasteiger partial charge on any atom is -0.756 e. The number of unbranched alkanes of at least 4 members (excludes halogenated alkanes) is 28. The monoisotopic (exact) mass is 2060 g/mol. The highest BCUT2D eigenvalue weighted by atomic mass is 31.2. The van der Waals surface area contributed by atoms with Gasteiger partial charge in [0, 0.05) is 26.5 Å². The number of amides is 1. The predicted molar refractivity (Wildman–Crippen MR) is 529 cm³/mol. The van der Waals surface area contributed by atoms with Gasteiger partial charge in [-0.15, -0.1) is 0 Å². The second-order valence-electron chi connectivity index (χ2n) is 32.4. The van der Waals surface area contributed by atoms with Crippen molar-refractivity contribution < 1.29 is 180 Å². The molecule has 0 aromatic heterocycles. The molecule has 0 radical (unpaired) electrons. The van der Waals surface area contributed by atoms with Crippen LogP contribution >= 0.6 is 7.82 Å². The van der Waals surface area contributed by atoms with Gasteiger partial charge in [0.15, 0.2) is 6.10 Å². The molecule has 0 saturated heterocycles. The summed E-state index contributed by atoms with van der Waals surface area (Å²) in [5.41, 5.74) is 0. The number of esters is 2. The molecule has 838 valence electrons. The largest absolute Gasteiger partial charge is 0.756 e. The van der Waals surface area contributed by atoms with E-state index in [4.69, 9.17) is 156 Å². The van der Waals surface area contributed by atoms with Crippen LogP contribution in [0.15, 0.2) is 0 Å². The lowest BCUT2D eigenvalue weighted by Crippen LogP contribution is -2.31. The lowest BCUT2D eigenvalue weighted by atomic mass is 10.0. The average Bonchev–Trinajstić information content (AvgIpc) is 0.905. The number of alkyl carbamates (subject to hydrolysis) is 1. The summed E-state index contributed by atoms with van der Waals surface area (Å²) in [5, 5.41) is 2.41. The Morgan fingerprint density at radius 1 is 0.221 bits per heavy atom. The van der Waals surface area contributed by atoms with E-state index in [2.05, 4.69) is 19.2 Å². The van der Waals surface area contributed by atoms with E-state index in [-0.39, 0.29) is 52.0 Å². The predicted octanol–water partition coefficient (Wildman–Crippen LogP) is 12.7. The molecule has 0 spiro atoms. The molecule has 140 heavy (non-hydrogen) atoms. The fourth-order valence-corrected chi connectivity index (χ4v) is 13.4. The van der Waals surface area contributed by atoms with Crippen LogP contribution in [-0.4, -0.2) is 428 Å². The minimum atomic E-state index is -4.92. The number of phosphoric ester groups is 1. The molecule has 0 aromatic rings. The van der Waals surface area contributed by atoms with Gasteiger partial charge in [0.2, 0.25) is 0 Å². The summed E-state index contributed by atoms with van der Waals surface area (Å²) in [4.78, 5) is 50.6. The van der Waals surface area contributed by atoms with Crippen molar-refractivity contribution in [1.29, 1.82) is 0 Å². The third kappa shape index (κ3) is 124. The molecule has 0 aliphatic rings. The van der Waals surface area contributed by atoms with Crippen molar-refractivity contribution in [2.24, 2.45) is 0 Å². The van der Waals surface area contributed by atoms with E-state index in [9.17, 15) is 23.8 Å². The van der Waals surface area contributed by atoms with E-state index in [0.717, 1.165) is 38.5 Å². The maximum absolute atomic E-state index is 12.9. The first-order valence-corrected chi connectivity index (χ1v) is 54.1. The first-order chi connectivity index (χ1) is 68.7. The average molecular weight is 2060 g/mol. The van der Waals surface area contributed by atoms with Gasteiger partial charge in [-0.05, 0) is 12.8 Å². The molecule has 2 atom stereocenters. The minimum absolute atomic E-state index is 0. The summed E-state index contributed by atoms with van der Waals surface area (Å²) in [6.07, 6.45) is 34.5. The molecule has 0 heterocycles. The van der Waals surface area contributed by atoms with Crippen LogP contribution in [-0.2, 0) is 170 Å². The van der Waals surface area contributed by atoms with Gasteiger partial charge >= 0.3 is 18.0 Å². The highest BCUT2D eigenvalue weighted by Gasteiger charge is 2.22. The van der Waals surface area contributed by atoms with Crippen LogP contribution in [0, 0.1) is 0 Å². The Hall–Kier alpha value is -2.84. The molecular weight excluding hydrogens is 1860 g/mol. The second kappa shape index (κ2) is 125. The van der Waals surface area contributed by atoms with E-state index in [1.165, 1.54) is 141 Å². The molecule has 0 saturated carbocycles. The third-order valence-electron chi connectivity index (χ3n) is 20.3. The van der Waals surface area contributed by atoms with Crippen molar-refractivity contribution in [3.8, 4) is 0 Å². The first kappa shape index (κ1) is 139. The van der Waals surface area contributed by atoms with Crippen molar-refractivity contribution in [2.75, 3.05) is 403 Å². The van der Waals surface area contributed by atoms with Crippen LogP contribution in [0.4, 0.5) is 4.79 Å². The number of hydrogen-bond donors (Lipinski definition) is 2. The zero-order valence-corrected chi connectivity index (χ0v) is 88.5. The van der Waals surface area contributed by atoms with Gasteiger partial charge in [-0.25, -0.2) is 4.79 Å². The number of phosphoric acid groups is 1. The molecular formula is C99H199N2O38P. The van der Waals surface area contributed by atoms with Crippen molar-refractivity contribution in [2.45, 2.75) is 225 Å². The van der Waals surface area contributed by atoms with Crippen LogP contribution in [0.25, 0.3) is 0 Å². The quantitative estimate of drug-likeness (QED) is 0.0247. The fourth-order valence-electron chi connectivity index (χ4n) is 12.6. The van der Waals surface area contributed by atoms with Gasteiger partial charge in [0.25, 0.3) is 7.82 Å². The standard InChI is InChI=1S/C99H196NO38P.H3N/c1-4-6-8-10-12-14-16-18-20-22-24-26-28-30-32-34-97(101)135-94-96(138-98(102)35-33-31-29-27-25-23-21-19-17-15-13-11-9-7-5-2)95-137-139(104,105)136-37-36-100-99(103)134-93-92-133-91-90-132-89-88-131-87-86-130-85-84-129-83-82-128-81-80-127-79-78-126-77-76-125-75-74-124-73-72-123-71-70-122-69-68-121-67-66-120-65-64-119-63-62-118-61-60-117-59-58-116-57-56-115-55-54-114-53-52-113-51-50-112-49-48-111-47-46-110-45-44-109-43-42-108-41-40-107-39-38-106-3;/h96H,4-95H2,1-3H3,(H,100,103)(H,104,105);1H3. The molecule has 0 bridgehead atoms. The number of methoxy groups -OCH3 is 1. The SMILES string of the molecule is CCCCCCCCCCCCCCCCCC(=O)OCC(COP(=O)([O-])OCCNC(=O)OCCOCCOCCOCCOCCOCCOCCOCCOCCOCCOCCOCCOCCOCCOCCOCCOCCOCCOCCOCCOCCOCCOCCOCCOCCOCCOCCOCCOC)OC(=O)CCCCCCCCCCCCCCCCC.[NH4+]. The van der Waals surface area contributed by atoms with E-state index in [0.29, 0.717) is 363 Å². The summed E-state index contributed by atoms with van der Waals surface area (Å²) in [6.45, 7) is 28.0. The lowest BCUT2D eigenvalue weighted by Gasteiger charge is -2.25. The van der Waals surface area contributed by atoms with E-state index < -0.39 is 45.2 Å². The smallest absolute Gasteiger partial charge is 0.407 e. The molecule has 0 aliphatic carbocycles. The molecule has 0 aromatic carbocycles. The highest BCUT2D eigenvalue weighted by molar-refractivity contribution is 7.45. The Bertz CT molecular complexity index is 2410. The van der Waals surface area contributed by atoms with Gasteiger partial charge in [-0.3, -0.25) is 14.2 Å². The van der Waals surface area contributed by atoms with Gasteiger partial charge in [0.05, 0.1) is 377 Å². The van der Waals surface area contributed by atoms with Gasteiger partial charge in [-0.1, -0.05) is 194 Å². The molecule has 40 nitrogen and oxygen atoms in total. The number of ether oxygens (including phenoxy) is 31. The number of nitrogens with one attached hydrogen (secondary N) is 1. The van der Waals surface area contributed by atoms with E-state index in [1.807, 2.05) is 0 Å². The van der Waals surface area contributed by atoms with Crippen molar-refractivity contribution in [3.63, 3.8) is 0 Å². The number of rotatable bonds is 126. The van der Waals surface area contributed by atoms with Crippen LogP contribution in [0.1, 0.15) is 219 Å². The molecule has 0 rings (SSSR count). The normalized spacial score (nSPS) is 12.3. The van der Waals surface area contributed by atoms with E-state index in [1.54, 1.807) is 7.11 Å². The van der Waals surface area contributed by atoms with Crippen LogP contribution < -0.4 is 16.4 Å². The number of carbonyl (C=O) groups is 3. The number of carbonyl (C=O) groups excluding carboxylic acids is 3. The highest BCUT2D eigenvalue weighted by Crippen LogP contribution is 2.38. The molecule has 2 unspecified atom stereocenters. The summed E-state index contributed by atoms with van der Waals surface area (Å²) in [5.74, 6) is -0.973. The summed E-state index contributed by atoms with van der Waals surface area (Å²) >= 11 is 0. The van der Waals surface area contributed by atoms with Gasteiger partial charge in [0.1, 0.15) is 13.2 Å². The van der Waals surface area contributed by atoms with Crippen LogP contribution in [0.2, 0.25) is 0 Å². The van der Waals surface area contributed by atoms with E-state index >= 15 is 0 Å². The molecule has 1 amide bonds. The topological polar surface area (TPSA) is 444 Å². The second-order valence-corrected chi connectivity index (χ2v) is 33.8. The Labute approximate surface area is 842 Å². The number of quaternary nitrogens is 1. The maximum Gasteiger partial charge on any atom is 0.407 e. The first-order valence-electron chi connectivity index (χ1n) is 52.7. The zero-order valence-electron chi connectivity index (χ0n) is 87.6. The van der Waals surface area contributed by atoms with Gasteiger partial charge in [-0.2, -0.15) is 0 Å². The molecule has 0 fully saturated rings. The number of hydrogen-bond acceptors (Lipinski definition) is 38. The summed E-state index contributed by atoms with van der Waals surface area (Å²) in [7, 11) is -3.27. The van der Waals surface area contributed by atoms with Crippen LogP contribution in [0.5, 0.6) is 0 Å².